The highest BCUT2D eigenvalue weighted by molar-refractivity contribution is 5.94. The summed E-state index contributed by atoms with van der Waals surface area (Å²) < 4.78 is 10.6. The molecule has 29 heavy (non-hydrogen) atoms. The van der Waals surface area contributed by atoms with Gasteiger partial charge in [-0.2, -0.15) is 0 Å². The van der Waals surface area contributed by atoms with Crippen LogP contribution in [0.1, 0.15) is 27.9 Å². The van der Waals surface area contributed by atoms with Gasteiger partial charge in [-0.3, -0.25) is 9.59 Å². The number of piperazine rings is 1. The third-order valence-electron chi connectivity index (χ3n) is 5.29. The van der Waals surface area contributed by atoms with Crippen LogP contribution in [0.5, 0.6) is 11.5 Å². The molecule has 0 N–H and O–H groups in total. The van der Waals surface area contributed by atoms with Crippen LogP contribution in [0.15, 0.2) is 42.5 Å². The van der Waals surface area contributed by atoms with Crippen LogP contribution in [-0.2, 0) is 11.2 Å². The minimum Gasteiger partial charge on any atom is -0.493 e. The normalized spacial score (nSPS) is 13.9. The Morgan fingerprint density at radius 3 is 2.10 bits per heavy atom. The Balaban J connectivity index is 1.50. The van der Waals surface area contributed by atoms with Crippen LogP contribution in [-0.4, -0.2) is 62.0 Å². The Kier molecular flexibility index (Phi) is 6.75. The molecule has 1 saturated heterocycles. The van der Waals surface area contributed by atoms with Crippen molar-refractivity contribution < 1.29 is 19.1 Å². The molecule has 1 aliphatic heterocycles. The van der Waals surface area contributed by atoms with Crippen molar-refractivity contribution in [1.82, 2.24) is 9.80 Å². The van der Waals surface area contributed by atoms with E-state index in [2.05, 4.69) is 0 Å². The van der Waals surface area contributed by atoms with Gasteiger partial charge in [0.1, 0.15) is 0 Å². The third-order valence-corrected chi connectivity index (χ3v) is 5.29. The fourth-order valence-electron chi connectivity index (χ4n) is 3.48. The fourth-order valence-corrected chi connectivity index (χ4v) is 3.48. The van der Waals surface area contributed by atoms with E-state index in [1.54, 1.807) is 14.2 Å². The molecule has 1 fully saturated rings. The molecular formula is C23H28N2O4. The molecule has 154 valence electrons. The van der Waals surface area contributed by atoms with Gasteiger partial charge >= 0.3 is 0 Å². The maximum Gasteiger partial charge on any atom is 0.253 e. The van der Waals surface area contributed by atoms with Gasteiger partial charge in [0.15, 0.2) is 11.5 Å². The summed E-state index contributed by atoms with van der Waals surface area (Å²) in [7, 11) is 3.20. The zero-order chi connectivity index (χ0) is 20.8. The number of carbonyl (C=O) groups is 2. The molecule has 3 rings (SSSR count). The molecule has 0 radical (unpaired) electrons. The highest BCUT2D eigenvalue weighted by Crippen LogP contribution is 2.28. The first-order chi connectivity index (χ1) is 14.0. The number of benzene rings is 2. The van der Waals surface area contributed by atoms with Crippen molar-refractivity contribution in [2.45, 2.75) is 19.8 Å². The lowest BCUT2D eigenvalue weighted by molar-refractivity contribution is -0.132. The van der Waals surface area contributed by atoms with E-state index < -0.39 is 0 Å². The minimum absolute atomic E-state index is 0.0300. The van der Waals surface area contributed by atoms with Gasteiger partial charge < -0.3 is 19.3 Å². The molecule has 6 heteroatoms. The second-order valence-electron chi connectivity index (χ2n) is 7.23. The van der Waals surface area contributed by atoms with E-state index in [1.165, 1.54) is 0 Å². The molecule has 0 atom stereocenters. The Morgan fingerprint density at radius 1 is 0.862 bits per heavy atom. The van der Waals surface area contributed by atoms with E-state index in [9.17, 15) is 9.59 Å². The number of ether oxygens (including phenoxy) is 2. The minimum atomic E-state index is 0.0300. The molecule has 0 aromatic heterocycles. The van der Waals surface area contributed by atoms with Gasteiger partial charge in [-0.25, -0.2) is 0 Å². The van der Waals surface area contributed by atoms with Gasteiger partial charge in [0.25, 0.3) is 5.91 Å². The van der Waals surface area contributed by atoms with Gasteiger partial charge in [-0.15, -0.1) is 0 Å². The molecule has 1 heterocycles. The average molecular weight is 396 g/mol. The summed E-state index contributed by atoms with van der Waals surface area (Å²) in [5, 5.41) is 0. The van der Waals surface area contributed by atoms with E-state index in [0.717, 1.165) is 11.1 Å². The molecule has 0 unspecified atom stereocenters. The van der Waals surface area contributed by atoms with Crippen molar-refractivity contribution in [1.29, 1.82) is 0 Å². The van der Waals surface area contributed by atoms with Crippen LogP contribution in [0.3, 0.4) is 0 Å². The van der Waals surface area contributed by atoms with Crippen molar-refractivity contribution in [2.75, 3.05) is 40.4 Å². The fraction of sp³-hybridized carbons (Fsp3) is 0.391. The van der Waals surface area contributed by atoms with Gasteiger partial charge in [-0.05, 0) is 43.2 Å². The van der Waals surface area contributed by atoms with Crippen molar-refractivity contribution in [3.8, 4) is 11.5 Å². The SMILES string of the molecule is COc1ccc(CCC(=O)N2CCN(C(=O)c3ccc(C)cc3)CC2)cc1OC. The Morgan fingerprint density at radius 2 is 1.48 bits per heavy atom. The highest BCUT2D eigenvalue weighted by Gasteiger charge is 2.24. The second kappa shape index (κ2) is 9.45. The van der Waals surface area contributed by atoms with E-state index >= 15 is 0 Å². The predicted octanol–water partition coefficient (Wildman–Crippen LogP) is 2.93. The largest absolute Gasteiger partial charge is 0.493 e. The lowest BCUT2D eigenvalue weighted by Crippen LogP contribution is -2.50. The van der Waals surface area contributed by atoms with Crippen molar-refractivity contribution in [2.24, 2.45) is 0 Å². The molecular weight excluding hydrogens is 368 g/mol. The van der Waals surface area contributed by atoms with Crippen LogP contribution in [0.4, 0.5) is 0 Å². The predicted molar refractivity (Wildman–Crippen MR) is 112 cm³/mol. The number of carbonyl (C=O) groups excluding carboxylic acids is 2. The lowest BCUT2D eigenvalue weighted by atomic mass is 10.1. The Hall–Kier alpha value is -3.02. The van der Waals surface area contributed by atoms with Crippen molar-refractivity contribution in [3.63, 3.8) is 0 Å². The summed E-state index contributed by atoms with van der Waals surface area (Å²) in [6.45, 7) is 4.27. The van der Waals surface area contributed by atoms with Crippen LogP contribution in [0.2, 0.25) is 0 Å². The van der Waals surface area contributed by atoms with Crippen LogP contribution >= 0.6 is 0 Å². The first kappa shape index (κ1) is 20.7. The zero-order valence-corrected chi connectivity index (χ0v) is 17.3. The quantitative estimate of drug-likeness (QED) is 0.753. The Bertz CT molecular complexity index is 856. The van der Waals surface area contributed by atoms with Gasteiger partial charge in [-0.1, -0.05) is 23.8 Å². The number of methoxy groups -OCH3 is 2. The molecule has 2 aromatic rings. The number of hydrogen-bond acceptors (Lipinski definition) is 4. The van der Waals surface area contributed by atoms with Crippen molar-refractivity contribution in [3.05, 3.63) is 59.2 Å². The van der Waals surface area contributed by atoms with E-state index in [-0.39, 0.29) is 11.8 Å². The van der Waals surface area contributed by atoms with E-state index in [0.29, 0.717) is 56.1 Å². The number of hydrogen-bond donors (Lipinski definition) is 0. The molecule has 6 nitrogen and oxygen atoms in total. The van der Waals surface area contributed by atoms with Gasteiger partial charge in [0.05, 0.1) is 14.2 Å². The molecule has 1 aliphatic rings. The molecule has 2 aromatic carbocycles. The number of amides is 2. The van der Waals surface area contributed by atoms with Crippen LogP contribution in [0.25, 0.3) is 0 Å². The van der Waals surface area contributed by atoms with E-state index in [4.69, 9.17) is 9.47 Å². The molecule has 0 saturated carbocycles. The summed E-state index contributed by atoms with van der Waals surface area (Å²) in [4.78, 5) is 28.9. The zero-order valence-electron chi connectivity index (χ0n) is 17.3. The lowest BCUT2D eigenvalue weighted by Gasteiger charge is -2.35. The monoisotopic (exact) mass is 396 g/mol. The average Bonchev–Trinajstić information content (AvgIpc) is 2.77. The van der Waals surface area contributed by atoms with Crippen LogP contribution in [0, 0.1) is 6.92 Å². The molecule has 0 aliphatic carbocycles. The highest BCUT2D eigenvalue weighted by atomic mass is 16.5. The molecule has 2 amide bonds. The van der Waals surface area contributed by atoms with Crippen molar-refractivity contribution >= 4 is 11.8 Å². The summed E-state index contributed by atoms with van der Waals surface area (Å²) in [6, 6.07) is 13.3. The number of nitrogens with zero attached hydrogens (tertiary/aromatic N) is 2. The smallest absolute Gasteiger partial charge is 0.253 e. The van der Waals surface area contributed by atoms with Gasteiger partial charge in [0.2, 0.25) is 5.91 Å². The number of rotatable bonds is 6. The first-order valence-corrected chi connectivity index (χ1v) is 9.86. The topological polar surface area (TPSA) is 59.1 Å². The summed E-state index contributed by atoms with van der Waals surface area (Å²) in [5.74, 6) is 1.49. The maximum atomic E-state index is 12.6. The third kappa shape index (κ3) is 5.08. The Labute approximate surface area is 172 Å². The molecule has 0 spiro atoms. The maximum absolute atomic E-state index is 12.6. The molecule has 0 bridgehead atoms. The second-order valence-corrected chi connectivity index (χ2v) is 7.23. The summed E-state index contributed by atoms with van der Waals surface area (Å²) in [5.41, 5.74) is 2.86. The number of aryl methyl sites for hydroxylation is 2. The van der Waals surface area contributed by atoms with Gasteiger partial charge in [0, 0.05) is 38.2 Å². The summed E-state index contributed by atoms with van der Waals surface area (Å²) >= 11 is 0. The summed E-state index contributed by atoms with van der Waals surface area (Å²) in [6.07, 6.45) is 1.07. The first-order valence-electron chi connectivity index (χ1n) is 9.86. The standard InChI is InChI=1S/C23H28N2O4/c1-17-4-8-19(9-5-17)23(27)25-14-12-24(13-15-25)22(26)11-7-18-6-10-20(28-2)21(16-18)29-3/h4-6,8-10,16H,7,11-15H2,1-3H3. The van der Waals surface area contributed by atoms with E-state index in [1.807, 2.05) is 59.2 Å². The van der Waals surface area contributed by atoms with Crippen LogP contribution < -0.4 is 9.47 Å².